The van der Waals surface area contributed by atoms with E-state index in [4.69, 9.17) is 4.74 Å². The van der Waals surface area contributed by atoms with E-state index in [2.05, 4.69) is 10.1 Å². The van der Waals surface area contributed by atoms with Gasteiger partial charge in [0.15, 0.2) is 0 Å². The smallest absolute Gasteiger partial charge is 0.428 e. The van der Waals surface area contributed by atoms with E-state index < -0.39 is 30.6 Å². The average molecular weight is 275 g/mol. The molecule has 1 aliphatic heterocycles. The lowest BCUT2D eigenvalue weighted by molar-refractivity contribution is -0.207. The molecule has 0 aromatic heterocycles. The first-order valence-electron chi connectivity index (χ1n) is 5.63. The van der Waals surface area contributed by atoms with Gasteiger partial charge >= 0.3 is 12.3 Å². The highest BCUT2D eigenvalue weighted by molar-refractivity contribution is 5.84. The maximum atomic E-state index is 12.7. The lowest BCUT2D eigenvalue weighted by atomic mass is 10.2. The summed E-state index contributed by atoms with van der Waals surface area (Å²) in [6.07, 6.45) is -9.73. The van der Waals surface area contributed by atoms with Crippen LogP contribution in [-0.2, 0) is 9.47 Å². The Morgan fingerprint density at radius 3 is 2.42 bits per heavy atom. The lowest BCUT2D eigenvalue weighted by Crippen LogP contribution is -2.40. The number of ether oxygens (including phenoxy) is 2. The predicted octanol–water partition coefficient (Wildman–Crippen LogP) is 2.95. The summed E-state index contributed by atoms with van der Waals surface area (Å²) in [4.78, 5) is 11.4. The summed E-state index contributed by atoms with van der Waals surface area (Å²) in [5, 5.41) is 2.23. The molecule has 1 aromatic rings. The minimum absolute atomic E-state index is 0.359. The van der Waals surface area contributed by atoms with Crippen LogP contribution in [0.5, 0.6) is 0 Å². The highest BCUT2D eigenvalue weighted by Gasteiger charge is 2.57. The van der Waals surface area contributed by atoms with Crippen molar-refractivity contribution in [2.45, 2.75) is 31.4 Å². The molecule has 1 amide bonds. The van der Waals surface area contributed by atoms with Gasteiger partial charge in [-0.25, -0.2) is 4.79 Å². The van der Waals surface area contributed by atoms with Gasteiger partial charge in [0, 0.05) is 5.69 Å². The van der Waals surface area contributed by atoms with E-state index in [0.717, 1.165) is 0 Å². The summed E-state index contributed by atoms with van der Waals surface area (Å²) in [6.45, 7) is 1.49. The van der Waals surface area contributed by atoms with Gasteiger partial charge in [-0.3, -0.25) is 5.32 Å². The number of hydrogen-bond donors (Lipinski definition) is 1. The van der Waals surface area contributed by atoms with Crippen molar-refractivity contribution in [3.8, 4) is 0 Å². The first-order chi connectivity index (χ1) is 8.88. The maximum absolute atomic E-state index is 12.7. The Labute approximate surface area is 107 Å². The van der Waals surface area contributed by atoms with E-state index in [0.29, 0.717) is 5.69 Å². The number of nitrogens with one attached hydrogen (secondary N) is 1. The molecule has 1 fully saturated rings. The largest absolute Gasteiger partial charge is 0.433 e. The first kappa shape index (κ1) is 13.7. The molecule has 1 aliphatic rings. The van der Waals surface area contributed by atoms with E-state index in [1.54, 1.807) is 30.3 Å². The highest BCUT2D eigenvalue weighted by atomic mass is 19.4. The minimum Gasteiger partial charge on any atom is -0.433 e. The monoisotopic (exact) mass is 275 g/mol. The molecule has 1 heterocycles. The Hall–Kier alpha value is -1.76. The molecule has 1 saturated heterocycles. The van der Waals surface area contributed by atoms with Crippen LogP contribution in [0.1, 0.15) is 6.92 Å². The van der Waals surface area contributed by atoms with E-state index in [-0.39, 0.29) is 0 Å². The number of alkyl halides is 3. The first-order valence-corrected chi connectivity index (χ1v) is 5.63. The second-order valence-corrected chi connectivity index (χ2v) is 4.16. The van der Waals surface area contributed by atoms with Crippen molar-refractivity contribution in [1.29, 1.82) is 0 Å². The van der Waals surface area contributed by atoms with Crippen LogP contribution in [-0.4, -0.2) is 30.6 Å². The summed E-state index contributed by atoms with van der Waals surface area (Å²) < 4.78 is 47.2. The highest BCUT2D eigenvalue weighted by Crippen LogP contribution is 2.36. The number of hydrogen-bond acceptors (Lipinski definition) is 3. The summed E-state index contributed by atoms with van der Waals surface area (Å²) in [6, 6.07) is 8.08. The summed E-state index contributed by atoms with van der Waals surface area (Å²) in [7, 11) is 0. The number of para-hydroxylation sites is 1. The SMILES string of the molecule is CC1O[C@H]1C(OC(=O)Nc1ccccc1)C(F)(F)F. The molecule has 2 rings (SSSR count). The topological polar surface area (TPSA) is 50.9 Å². The van der Waals surface area contributed by atoms with Gasteiger partial charge in [-0.05, 0) is 19.1 Å². The van der Waals surface area contributed by atoms with Crippen molar-refractivity contribution in [3.63, 3.8) is 0 Å². The number of epoxide rings is 1. The van der Waals surface area contributed by atoms with Gasteiger partial charge in [-0.15, -0.1) is 0 Å². The van der Waals surface area contributed by atoms with Crippen molar-refractivity contribution in [3.05, 3.63) is 30.3 Å². The third kappa shape index (κ3) is 3.60. The maximum Gasteiger partial charge on any atom is 0.428 e. The van der Waals surface area contributed by atoms with E-state index >= 15 is 0 Å². The third-order valence-corrected chi connectivity index (χ3v) is 2.63. The minimum atomic E-state index is -4.65. The fourth-order valence-corrected chi connectivity index (χ4v) is 1.62. The van der Waals surface area contributed by atoms with Crippen molar-refractivity contribution in [2.75, 3.05) is 5.32 Å². The summed E-state index contributed by atoms with van der Waals surface area (Å²) in [5.41, 5.74) is 0.359. The standard InChI is InChI=1S/C12H12F3NO3/c1-7-9(18-7)10(12(13,14)15)19-11(17)16-8-5-3-2-4-6-8/h2-7,9-10H,1H3,(H,16,17)/t7?,9-,10?/m1/s1. The Kier molecular flexibility index (Phi) is 3.66. The molecule has 0 radical (unpaired) electrons. The van der Waals surface area contributed by atoms with Crippen LogP contribution >= 0.6 is 0 Å². The van der Waals surface area contributed by atoms with Crippen molar-refractivity contribution >= 4 is 11.8 Å². The molecular weight excluding hydrogens is 263 g/mol. The average Bonchev–Trinajstić information content (AvgIpc) is 3.03. The number of amides is 1. The molecule has 104 valence electrons. The van der Waals surface area contributed by atoms with Gasteiger partial charge in [-0.1, -0.05) is 18.2 Å². The molecule has 1 N–H and O–H groups in total. The van der Waals surface area contributed by atoms with Gasteiger partial charge in [-0.2, -0.15) is 13.2 Å². The van der Waals surface area contributed by atoms with Crippen molar-refractivity contribution < 1.29 is 27.4 Å². The number of rotatable bonds is 3. The molecule has 7 heteroatoms. The number of carbonyl (C=O) groups excluding carboxylic acids is 1. The molecule has 19 heavy (non-hydrogen) atoms. The third-order valence-electron chi connectivity index (χ3n) is 2.63. The van der Waals surface area contributed by atoms with Crippen LogP contribution in [0.4, 0.5) is 23.7 Å². The Morgan fingerprint density at radius 1 is 1.37 bits per heavy atom. The normalized spacial score (nSPS) is 23.6. The lowest BCUT2D eigenvalue weighted by Gasteiger charge is -2.19. The molecular formula is C12H12F3NO3. The molecule has 0 saturated carbocycles. The summed E-state index contributed by atoms with van der Waals surface area (Å²) >= 11 is 0. The zero-order valence-corrected chi connectivity index (χ0v) is 9.98. The molecule has 3 atom stereocenters. The number of carbonyl (C=O) groups is 1. The van der Waals surface area contributed by atoms with Gasteiger partial charge in [0.05, 0.1) is 6.10 Å². The van der Waals surface area contributed by atoms with Crippen molar-refractivity contribution in [1.82, 2.24) is 0 Å². The van der Waals surface area contributed by atoms with Gasteiger partial charge in [0.25, 0.3) is 0 Å². The van der Waals surface area contributed by atoms with Crippen LogP contribution in [0.25, 0.3) is 0 Å². The van der Waals surface area contributed by atoms with Gasteiger partial charge in [0.2, 0.25) is 6.10 Å². The van der Waals surface area contributed by atoms with Crippen LogP contribution in [0.2, 0.25) is 0 Å². The molecule has 2 unspecified atom stereocenters. The molecule has 4 nitrogen and oxygen atoms in total. The summed E-state index contributed by atoms with van der Waals surface area (Å²) in [5.74, 6) is 0. The van der Waals surface area contributed by atoms with E-state index in [9.17, 15) is 18.0 Å². The second-order valence-electron chi connectivity index (χ2n) is 4.16. The Morgan fingerprint density at radius 2 is 1.95 bits per heavy atom. The Balaban J connectivity index is 1.96. The van der Waals surface area contributed by atoms with E-state index in [1.165, 1.54) is 6.92 Å². The molecule has 0 spiro atoms. The molecule has 0 aliphatic carbocycles. The van der Waals surface area contributed by atoms with E-state index in [1.807, 2.05) is 0 Å². The fraction of sp³-hybridized carbons (Fsp3) is 0.417. The number of halogens is 3. The second kappa shape index (κ2) is 5.08. The van der Waals surface area contributed by atoms with Gasteiger partial charge < -0.3 is 9.47 Å². The quantitative estimate of drug-likeness (QED) is 0.863. The van der Waals surface area contributed by atoms with Crippen LogP contribution in [0.3, 0.4) is 0 Å². The molecule has 1 aromatic carbocycles. The number of benzene rings is 1. The zero-order chi connectivity index (χ0) is 14.0. The van der Waals surface area contributed by atoms with Gasteiger partial charge in [0.1, 0.15) is 6.10 Å². The van der Waals surface area contributed by atoms with Crippen molar-refractivity contribution in [2.24, 2.45) is 0 Å². The molecule has 0 bridgehead atoms. The predicted molar refractivity (Wildman–Crippen MR) is 60.7 cm³/mol. The number of anilines is 1. The van der Waals surface area contributed by atoms with Crippen LogP contribution in [0.15, 0.2) is 30.3 Å². The van der Waals surface area contributed by atoms with Crippen LogP contribution < -0.4 is 5.32 Å². The fourth-order valence-electron chi connectivity index (χ4n) is 1.62. The van der Waals surface area contributed by atoms with Crippen LogP contribution in [0, 0.1) is 0 Å². The zero-order valence-electron chi connectivity index (χ0n) is 9.98. The Bertz CT molecular complexity index is 449.